The van der Waals surface area contributed by atoms with E-state index in [0.717, 1.165) is 0 Å². The topological polar surface area (TPSA) is 92.7 Å². The smallest absolute Gasteiger partial charge is 0.329 e. The number of aliphatic carboxylic acids is 1. The zero-order chi connectivity index (χ0) is 15.0. The molecule has 6 nitrogen and oxygen atoms in total. The number of ether oxygens (including phenoxy) is 1. The minimum atomic E-state index is -1.21. The molecule has 0 radical (unpaired) electrons. The monoisotopic (exact) mass is 273 g/mol. The Kier molecular flexibility index (Phi) is 7.79. The first-order valence-corrected chi connectivity index (χ1v) is 6.46. The van der Waals surface area contributed by atoms with Gasteiger partial charge < -0.3 is 15.2 Å². The second kappa shape index (κ2) is 8.50. The van der Waals surface area contributed by atoms with Crippen molar-refractivity contribution in [3.05, 3.63) is 0 Å². The molecule has 0 rings (SSSR count). The van der Waals surface area contributed by atoms with Crippen molar-refractivity contribution in [2.45, 2.75) is 46.6 Å². The van der Waals surface area contributed by atoms with Crippen LogP contribution in [0.15, 0.2) is 0 Å². The molecule has 110 valence electrons. The SMILES string of the molecule is CC[C@H](C)C(=O)OC[C@H](NC(=O)CC(C)C)C(=O)O. The second-order valence-corrected chi connectivity index (χ2v) is 5.00. The van der Waals surface area contributed by atoms with Crippen LogP contribution in [0.5, 0.6) is 0 Å². The molecule has 0 saturated carbocycles. The van der Waals surface area contributed by atoms with Crippen LogP contribution >= 0.6 is 0 Å². The highest BCUT2D eigenvalue weighted by molar-refractivity contribution is 5.84. The predicted molar refractivity (Wildman–Crippen MR) is 69.4 cm³/mol. The molecule has 0 aromatic heterocycles. The van der Waals surface area contributed by atoms with E-state index in [1.165, 1.54) is 0 Å². The van der Waals surface area contributed by atoms with Gasteiger partial charge in [-0.3, -0.25) is 9.59 Å². The molecule has 0 bridgehead atoms. The second-order valence-electron chi connectivity index (χ2n) is 5.00. The lowest BCUT2D eigenvalue weighted by atomic mass is 10.1. The van der Waals surface area contributed by atoms with E-state index in [1.54, 1.807) is 6.92 Å². The van der Waals surface area contributed by atoms with Crippen LogP contribution in [0.2, 0.25) is 0 Å². The molecule has 0 unspecified atom stereocenters. The molecular formula is C13H23NO5. The lowest BCUT2D eigenvalue weighted by Gasteiger charge is -2.16. The van der Waals surface area contributed by atoms with Gasteiger partial charge in [-0.15, -0.1) is 0 Å². The number of carbonyl (C=O) groups excluding carboxylic acids is 2. The van der Waals surface area contributed by atoms with Crippen molar-refractivity contribution in [3.8, 4) is 0 Å². The summed E-state index contributed by atoms with van der Waals surface area (Å²) in [5, 5.41) is 11.3. The van der Waals surface area contributed by atoms with Gasteiger partial charge >= 0.3 is 11.9 Å². The van der Waals surface area contributed by atoms with Crippen molar-refractivity contribution in [1.82, 2.24) is 5.32 Å². The van der Waals surface area contributed by atoms with Crippen molar-refractivity contribution in [3.63, 3.8) is 0 Å². The highest BCUT2D eigenvalue weighted by Gasteiger charge is 2.23. The molecule has 0 aromatic carbocycles. The number of rotatable bonds is 8. The highest BCUT2D eigenvalue weighted by Crippen LogP contribution is 2.04. The Bertz CT molecular complexity index is 327. The standard InChI is InChI=1S/C13H23NO5/c1-5-9(4)13(18)19-7-10(12(16)17)14-11(15)6-8(2)3/h8-10H,5-7H2,1-4H3,(H,14,15)(H,16,17)/t9-,10-/m0/s1. The number of hydrogen-bond donors (Lipinski definition) is 2. The zero-order valence-corrected chi connectivity index (χ0v) is 11.9. The van der Waals surface area contributed by atoms with Gasteiger partial charge in [0.25, 0.3) is 0 Å². The van der Waals surface area contributed by atoms with Gasteiger partial charge in [-0.2, -0.15) is 0 Å². The van der Waals surface area contributed by atoms with Gasteiger partial charge in [0.2, 0.25) is 5.91 Å². The fourth-order valence-corrected chi connectivity index (χ4v) is 1.27. The van der Waals surface area contributed by atoms with Crippen LogP contribution in [-0.4, -0.2) is 35.6 Å². The van der Waals surface area contributed by atoms with Gasteiger partial charge in [-0.25, -0.2) is 4.79 Å². The Labute approximate surface area is 113 Å². The van der Waals surface area contributed by atoms with E-state index in [-0.39, 0.29) is 30.8 Å². The van der Waals surface area contributed by atoms with Crippen LogP contribution in [0.25, 0.3) is 0 Å². The van der Waals surface area contributed by atoms with Crippen molar-refractivity contribution in [1.29, 1.82) is 0 Å². The molecule has 0 aliphatic heterocycles. The van der Waals surface area contributed by atoms with Crippen molar-refractivity contribution in [2.75, 3.05) is 6.61 Å². The summed E-state index contributed by atoms with van der Waals surface area (Å²) in [6, 6.07) is -1.20. The fraction of sp³-hybridized carbons (Fsp3) is 0.769. The number of esters is 1. The third kappa shape index (κ3) is 7.43. The third-order valence-electron chi connectivity index (χ3n) is 2.63. The van der Waals surface area contributed by atoms with Crippen LogP contribution in [-0.2, 0) is 19.1 Å². The first kappa shape index (κ1) is 17.4. The van der Waals surface area contributed by atoms with E-state index in [9.17, 15) is 14.4 Å². The largest absolute Gasteiger partial charge is 0.480 e. The van der Waals surface area contributed by atoms with Crippen molar-refractivity contribution in [2.24, 2.45) is 11.8 Å². The van der Waals surface area contributed by atoms with Gasteiger partial charge in [-0.1, -0.05) is 27.7 Å². The molecule has 0 fully saturated rings. The Morgan fingerprint density at radius 3 is 2.21 bits per heavy atom. The molecule has 6 heteroatoms. The predicted octanol–water partition coefficient (Wildman–Crippen LogP) is 1.19. The summed E-state index contributed by atoms with van der Waals surface area (Å²) in [5.41, 5.74) is 0. The number of nitrogens with one attached hydrogen (secondary N) is 1. The molecule has 2 N–H and O–H groups in total. The third-order valence-corrected chi connectivity index (χ3v) is 2.63. The Morgan fingerprint density at radius 2 is 1.79 bits per heavy atom. The highest BCUT2D eigenvalue weighted by atomic mass is 16.5. The molecule has 0 aromatic rings. The lowest BCUT2D eigenvalue weighted by Crippen LogP contribution is -2.45. The summed E-state index contributed by atoms with van der Waals surface area (Å²) < 4.78 is 4.89. The summed E-state index contributed by atoms with van der Waals surface area (Å²) in [4.78, 5) is 33.9. The number of carbonyl (C=O) groups is 3. The van der Waals surface area contributed by atoms with Crippen LogP contribution in [0.1, 0.15) is 40.5 Å². The van der Waals surface area contributed by atoms with Gasteiger partial charge in [0, 0.05) is 6.42 Å². The van der Waals surface area contributed by atoms with Gasteiger partial charge in [-0.05, 0) is 12.3 Å². The average molecular weight is 273 g/mol. The van der Waals surface area contributed by atoms with Crippen LogP contribution in [0.3, 0.4) is 0 Å². The summed E-state index contributed by atoms with van der Waals surface area (Å²) in [6.45, 7) is 6.92. The van der Waals surface area contributed by atoms with Crippen LogP contribution in [0.4, 0.5) is 0 Å². The summed E-state index contributed by atoms with van der Waals surface area (Å²) in [6.07, 6.45) is 0.860. The van der Waals surface area contributed by atoms with Gasteiger partial charge in [0.15, 0.2) is 6.04 Å². The summed E-state index contributed by atoms with van der Waals surface area (Å²) >= 11 is 0. The molecule has 0 heterocycles. The quantitative estimate of drug-likeness (QED) is 0.648. The van der Waals surface area contributed by atoms with E-state index in [4.69, 9.17) is 9.84 Å². The average Bonchev–Trinajstić information content (AvgIpc) is 2.31. The molecule has 0 aliphatic rings. The number of amides is 1. The van der Waals surface area contributed by atoms with E-state index < -0.39 is 18.0 Å². The molecule has 0 spiro atoms. The Hall–Kier alpha value is -1.59. The van der Waals surface area contributed by atoms with E-state index in [0.29, 0.717) is 6.42 Å². The molecule has 2 atom stereocenters. The molecular weight excluding hydrogens is 250 g/mol. The minimum Gasteiger partial charge on any atom is -0.480 e. The van der Waals surface area contributed by atoms with Crippen LogP contribution in [0, 0.1) is 11.8 Å². The van der Waals surface area contributed by atoms with E-state index in [2.05, 4.69) is 5.32 Å². The van der Waals surface area contributed by atoms with Crippen LogP contribution < -0.4 is 5.32 Å². The maximum atomic E-state index is 11.5. The Balaban J connectivity index is 4.31. The normalized spacial score (nSPS) is 13.7. The van der Waals surface area contributed by atoms with Gasteiger partial charge in [0.05, 0.1) is 5.92 Å². The van der Waals surface area contributed by atoms with E-state index in [1.807, 2.05) is 20.8 Å². The lowest BCUT2D eigenvalue weighted by molar-refractivity contribution is -0.153. The Morgan fingerprint density at radius 1 is 1.21 bits per heavy atom. The maximum Gasteiger partial charge on any atom is 0.329 e. The van der Waals surface area contributed by atoms with Crippen molar-refractivity contribution >= 4 is 17.8 Å². The zero-order valence-electron chi connectivity index (χ0n) is 11.9. The molecule has 0 saturated heterocycles. The summed E-state index contributed by atoms with van der Waals surface area (Å²) in [7, 11) is 0. The fourth-order valence-electron chi connectivity index (χ4n) is 1.27. The molecule has 0 aliphatic carbocycles. The first-order valence-electron chi connectivity index (χ1n) is 6.46. The number of hydrogen-bond acceptors (Lipinski definition) is 4. The summed E-state index contributed by atoms with van der Waals surface area (Å²) in [5.74, 6) is -2.17. The van der Waals surface area contributed by atoms with Gasteiger partial charge in [0.1, 0.15) is 6.61 Å². The molecule has 19 heavy (non-hydrogen) atoms. The minimum absolute atomic E-state index is 0.136. The number of carboxylic acids is 1. The van der Waals surface area contributed by atoms with E-state index >= 15 is 0 Å². The maximum absolute atomic E-state index is 11.5. The first-order chi connectivity index (χ1) is 8.77. The number of carboxylic acid groups (broad SMARTS) is 1. The molecule has 1 amide bonds. The van der Waals surface area contributed by atoms with Crippen molar-refractivity contribution < 1.29 is 24.2 Å².